The molecule has 0 bridgehead atoms. The maximum atomic E-state index is 12.3. The van der Waals surface area contributed by atoms with Gasteiger partial charge in [-0.05, 0) is 39.3 Å². The zero-order valence-corrected chi connectivity index (χ0v) is 10.9. The maximum Gasteiger partial charge on any atom is 0.334 e. The van der Waals surface area contributed by atoms with E-state index in [0.717, 1.165) is 19.4 Å². The monoisotopic (exact) mass is 242 g/mol. The first-order valence-corrected chi connectivity index (χ1v) is 6.14. The molecule has 0 aromatic heterocycles. The summed E-state index contributed by atoms with van der Waals surface area (Å²) in [5.41, 5.74) is 4.53. The second-order valence-corrected chi connectivity index (χ2v) is 4.60. The molecule has 5 nitrogen and oxygen atoms in total. The molecule has 1 fully saturated rings. The van der Waals surface area contributed by atoms with Crippen molar-refractivity contribution >= 4 is 11.8 Å². The van der Waals surface area contributed by atoms with Crippen LogP contribution in [0.3, 0.4) is 0 Å². The fourth-order valence-electron chi connectivity index (χ4n) is 2.60. The van der Waals surface area contributed by atoms with E-state index in [1.165, 1.54) is 7.11 Å². The topological polar surface area (TPSA) is 72.6 Å². The molecule has 1 heterocycles. The van der Waals surface area contributed by atoms with Crippen LogP contribution in [0.15, 0.2) is 0 Å². The third kappa shape index (κ3) is 2.35. The molecule has 1 aliphatic rings. The Bertz CT molecular complexity index is 304. The van der Waals surface area contributed by atoms with Crippen LogP contribution in [0, 0.1) is 0 Å². The van der Waals surface area contributed by atoms with Crippen LogP contribution in [0.1, 0.15) is 33.1 Å². The Morgan fingerprint density at radius 2 is 2.18 bits per heavy atom. The summed E-state index contributed by atoms with van der Waals surface area (Å²) in [6.07, 6.45) is 2.23. The second-order valence-electron chi connectivity index (χ2n) is 4.60. The molecule has 1 aliphatic heterocycles. The molecular weight excluding hydrogens is 220 g/mol. The van der Waals surface area contributed by atoms with E-state index < -0.39 is 17.6 Å². The van der Waals surface area contributed by atoms with Crippen molar-refractivity contribution in [2.45, 2.75) is 44.7 Å². The van der Waals surface area contributed by atoms with Gasteiger partial charge in [-0.1, -0.05) is 6.92 Å². The zero-order valence-electron chi connectivity index (χ0n) is 10.9. The number of hydrogen-bond acceptors (Lipinski definition) is 5. The minimum Gasteiger partial charge on any atom is -0.467 e. The quantitative estimate of drug-likeness (QED) is 0.555. The van der Waals surface area contributed by atoms with Crippen LogP contribution >= 0.6 is 0 Å². The van der Waals surface area contributed by atoms with E-state index >= 15 is 0 Å². The highest BCUT2D eigenvalue weighted by Gasteiger charge is 2.54. The van der Waals surface area contributed by atoms with Crippen molar-refractivity contribution in [2.75, 3.05) is 20.2 Å². The van der Waals surface area contributed by atoms with Crippen molar-refractivity contribution in [3.63, 3.8) is 0 Å². The number of nitrogens with zero attached hydrogens (tertiary/aromatic N) is 1. The van der Waals surface area contributed by atoms with Gasteiger partial charge in [0, 0.05) is 0 Å². The van der Waals surface area contributed by atoms with Crippen LogP contribution in [0.2, 0.25) is 0 Å². The standard InChI is InChI=1S/C12H22N2O3/c1-4-7-14-8-5-6-12(14,11(16)17-3)10(15)9(2)13/h9H,4-8,13H2,1-3H3/t9-,12+/m0/s1. The van der Waals surface area contributed by atoms with Crippen LogP contribution in [0.5, 0.6) is 0 Å². The van der Waals surface area contributed by atoms with Crippen molar-refractivity contribution in [3.8, 4) is 0 Å². The molecule has 0 aliphatic carbocycles. The summed E-state index contributed by atoms with van der Waals surface area (Å²) in [4.78, 5) is 26.2. The predicted molar refractivity (Wildman–Crippen MR) is 64.5 cm³/mol. The van der Waals surface area contributed by atoms with Crippen LogP contribution in [-0.4, -0.2) is 48.4 Å². The third-order valence-electron chi connectivity index (χ3n) is 3.34. The molecule has 98 valence electrons. The third-order valence-corrected chi connectivity index (χ3v) is 3.34. The summed E-state index contributed by atoms with van der Waals surface area (Å²) in [6, 6.07) is -0.647. The zero-order chi connectivity index (χ0) is 13.1. The molecule has 0 radical (unpaired) electrons. The number of esters is 1. The number of ether oxygens (including phenoxy) is 1. The van der Waals surface area contributed by atoms with Gasteiger partial charge in [-0.15, -0.1) is 0 Å². The second kappa shape index (κ2) is 5.60. The number of methoxy groups -OCH3 is 1. The molecule has 0 unspecified atom stereocenters. The molecule has 0 amide bonds. The number of Topliss-reactive ketones (excluding diaryl/α,β-unsaturated/α-hetero) is 1. The lowest BCUT2D eigenvalue weighted by molar-refractivity contribution is -0.159. The van der Waals surface area contributed by atoms with E-state index in [9.17, 15) is 9.59 Å². The van der Waals surface area contributed by atoms with Gasteiger partial charge < -0.3 is 10.5 Å². The highest BCUT2D eigenvalue weighted by atomic mass is 16.5. The van der Waals surface area contributed by atoms with Gasteiger partial charge in [-0.3, -0.25) is 9.69 Å². The molecule has 2 atom stereocenters. The first-order chi connectivity index (χ1) is 8.00. The molecule has 0 aromatic carbocycles. The van der Waals surface area contributed by atoms with Crippen LogP contribution in [0.4, 0.5) is 0 Å². The fourth-order valence-corrected chi connectivity index (χ4v) is 2.60. The molecule has 0 aromatic rings. The summed E-state index contributed by atoms with van der Waals surface area (Å²) in [7, 11) is 1.32. The molecule has 0 saturated carbocycles. The minimum atomic E-state index is -1.14. The van der Waals surface area contributed by atoms with Crippen LogP contribution < -0.4 is 5.73 Å². The van der Waals surface area contributed by atoms with E-state index in [1.54, 1.807) is 6.92 Å². The number of hydrogen-bond donors (Lipinski definition) is 1. The molecule has 1 saturated heterocycles. The lowest BCUT2D eigenvalue weighted by atomic mass is 9.87. The molecule has 5 heteroatoms. The smallest absolute Gasteiger partial charge is 0.334 e. The summed E-state index contributed by atoms with van der Waals surface area (Å²) >= 11 is 0. The number of carbonyl (C=O) groups excluding carboxylic acids is 2. The number of likely N-dealkylation sites (tertiary alicyclic amines) is 1. The Morgan fingerprint density at radius 1 is 1.53 bits per heavy atom. The summed E-state index contributed by atoms with van der Waals surface area (Å²) < 4.78 is 4.83. The Kier molecular flexibility index (Phi) is 4.65. The highest BCUT2D eigenvalue weighted by Crippen LogP contribution is 2.32. The van der Waals surface area contributed by atoms with E-state index in [0.29, 0.717) is 13.0 Å². The van der Waals surface area contributed by atoms with Gasteiger partial charge in [0.1, 0.15) is 0 Å². The Balaban J connectivity index is 3.09. The van der Waals surface area contributed by atoms with Crippen molar-refractivity contribution < 1.29 is 14.3 Å². The van der Waals surface area contributed by atoms with E-state index in [2.05, 4.69) is 0 Å². The minimum absolute atomic E-state index is 0.227. The lowest BCUT2D eigenvalue weighted by Crippen LogP contribution is -2.61. The normalized spacial score (nSPS) is 26.8. The number of ketones is 1. The first kappa shape index (κ1) is 14.1. The average Bonchev–Trinajstić information content (AvgIpc) is 2.72. The van der Waals surface area contributed by atoms with E-state index in [-0.39, 0.29) is 5.78 Å². The summed E-state index contributed by atoms with van der Waals surface area (Å²) in [5.74, 6) is -0.693. The molecule has 17 heavy (non-hydrogen) atoms. The van der Waals surface area contributed by atoms with Crippen LogP contribution in [0.25, 0.3) is 0 Å². The van der Waals surface area contributed by atoms with Crippen molar-refractivity contribution in [1.82, 2.24) is 4.90 Å². The SMILES string of the molecule is CCCN1CCC[C@]1(C(=O)OC)C(=O)[C@H](C)N. The summed E-state index contributed by atoms with van der Waals surface area (Å²) in [6.45, 7) is 5.11. The average molecular weight is 242 g/mol. The van der Waals surface area contributed by atoms with Gasteiger partial charge in [0.2, 0.25) is 0 Å². The number of rotatable bonds is 5. The Hall–Kier alpha value is -0.940. The predicted octanol–water partition coefficient (Wildman–Crippen LogP) is 0.320. The Morgan fingerprint density at radius 3 is 2.65 bits per heavy atom. The largest absolute Gasteiger partial charge is 0.467 e. The van der Waals surface area contributed by atoms with Gasteiger partial charge >= 0.3 is 5.97 Å². The van der Waals surface area contributed by atoms with E-state index in [4.69, 9.17) is 10.5 Å². The lowest BCUT2D eigenvalue weighted by Gasteiger charge is -2.35. The van der Waals surface area contributed by atoms with Crippen LogP contribution in [-0.2, 0) is 14.3 Å². The van der Waals surface area contributed by atoms with Gasteiger partial charge in [-0.25, -0.2) is 4.79 Å². The van der Waals surface area contributed by atoms with Gasteiger partial charge in [0.25, 0.3) is 0 Å². The van der Waals surface area contributed by atoms with Gasteiger partial charge in [0.05, 0.1) is 13.2 Å². The highest BCUT2D eigenvalue weighted by molar-refractivity contribution is 6.10. The Labute approximate surface area is 102 Å². The number of carbonyl (C=O) groups is 2. The summed E-state index contributed by atoms with van der Waals surface area (Å²) in [5, 5.41) is 0. The first-order valence-electron chi connectivity index (χ1n) is 6.14. The number of nitrogens with two attached hydrogens (primary N) is 1. The van der Waals surface area contributed by atoms with Gasteiger partial charge in [0.15, 0.2) is 11.3 Å². The molecular formula is C12H22N2O3. The van der Waals surface area contributed by atoms with E-state index in [1.807, 2.05) is 11.8 Å². The van der Waals surface area contributed by atoms with Crippen molar-refractivity contribution in [2.24, 2.45) is 5.73 Å². The molecule has 2 N–H and O–H groups in total. The van der Waals surface area contributed by atoms with Crippen molar-refractivity contribution in [3.05, 3.63) is 0 Å². The molecule has 1 rings (SSSR count). The fraction of sp³-hybridized carbons (Fsp3) is 0.833. The molecule has 0 spiro atoms. The van der Waals surface area contributed by atoms with Gasteiger partial charge in [-0.2, -0.15) is 0 Å². The maximum absolute atomic E-state index is 12.3. The van der Waals surface area contributed by atoms with Crippen molar-refractivity contribution in [1.29, 1.82) is 0 Å².